The lowest BCUT2D eigenvalue weighted by molar-refractivity contribution is -0.140. The smallest absolute Gasteiger partial charge is 0.342 e. The quantitative estimate of drug-likeness (QED) is 0.898. The van der Waals surface area contributed by atoms with Gasteiger partial charge in [0.1, 0.15) is 0 Å². The molecule has 1 aliphatic rings. The molecule has 0 radical (unpaired) electrons. The summed E-state index contributed by atoms with van der Waals surface area (Å²) in [7, 11) is 1.59. The fourth-order valence-corrected chi connectivity index (χ4v) is 2.51. The maximum Gasteiger partial charge on any atom is 0.434 e. The van der Waals surface area contributed by atoms with Crippen LogP contribution in [0.5, 0.6) is 0 Å². The summed E-state index contributed by atoms with van der Waals surface area (Å²) in [5.74, 6) is 0.828. The lowest BCUT2D eigenvalue weighted by Crippen LogP contribution is -2.40. The number of aromatic nitrogens is 2. The second-order valence-electron chi connectivity index (χ2n) is 5.22. The highest BCUT2D eigenvalue weighted by Gasteiger charge is 2.35. The number of imidazole rings is 1. The molecule has 1 aromatic heterocycles. The van der Waals surface area contributed by atoms with Crippen molar-refractivity contribution in [3.63, 3.8) is 0 Å². The molecule has 108 valence electrons. The zero-order valence-electron chi connectivity index (χ0n) is 11.1. The van der Waals surface area contributed by atoms with Crippen molar-refractivity contribution in [1.29, 1.82) is 0 Å². The number of halogens is 3. The molecular weight excluding hydrogens is 257 g/mol. The zero-order chi connectivity index (χ0) is 14.2. The molecule has 1 unspecified atom stereocenters. The maximum absolute atomic E-state index is 12.6. The Hall–Kier alpha value is -1.24. The van der Waals surface area contributed by atoms with E-state index in [9.17, 15) is 13.2 Å². The van der Waals surface area contributed by atoms with Gasteiger partial charge in [0, 0.05) is 32.4 Å². The minimum absolute atomic E-state index is 0.134. The Morgan fingerprint density at radius 1 is 1.37 bits per heavy atom. The Bertz CT molecular complexity index is 431. The van der Waals surface area contributed by atoms with E-state index in [4.69, 9.17) is 5.73 Å². The SMILES string of the molecule is CC(N)C1CCN(c2nc(C(F)(F)F)cn2C)CC1. The molecule has 1 aromatic rings. The van der Waals surface area contributed by atoms with E-state index in [1.54, 1.807) is 7.05 Å². The van der Waals surface area contributed by atoms with E-state index in [0.717, 1.165) is 19.0 Å². The summed E-state index contributed by atoms with van der Waals surface area (Å²) in [6.07, 6.45) is -1.56. The van der Waals surface area contributed by atoms with Crippen LogP contribution < -0.4 is 10.6 Å². The average Bonchev–Trinajstić information content (AvgIpc) is 2.71. The minimum atomic E-state index is -4.39. The predicted octanol–water partition coefficient (Wildman–Crippen LogP) is 2.00. The van der Waals surface area contributed by atoms with Crippen LogP contribution in [0.3, 0.4) is 0 Å². The van der Waals surface area contributed by atoms with E-state index in [-0.39, 0.29) is 6.04 Å². The van der Waals surface area contributed by atoms with Gasteiger partial charge in [0.2, 0.25) is 5.95 Å². The first-order valence-corrected chi connectivity index (χ1v) is 6.40. The molecule has 4 nitrogen and oxygen atoms in total. The maximum atomic E-state index is 12.6. The Balaban J connectivity index is 2.10. The summed E-state index contributed by atoms with van der Waals surface area (Å²) in [4.78, 5) is 5.60. The molecule has 0 saturated carbocycles. The molecule has 0 aliphatic carbocycles. The summed E-state index contributed by atoms with van der Waals surface area (Å²) < 4.78 is 39.3. The number of anilines is 1. The second-order valence-corrected chi connectivity index (χ2v) is 5.22. The van der Waals surface area contributed by atoms with E-state index in [1.807, 2.05) is 11.8 Å². The normalized spacial score (nSPS) is 19.8. The highest BCUT2D eigenvalue weighted by molar-refractivity contribution is 5.34. The first kappa shape index (κ1) is 14.2. The fraction of sp³-hybridized carbons (Fsp3) is 0.750. The van der Waals surface area contributed by atoms with E-state index in [1.165, 1.54) is 4.57 Å². The van der Waals surface area contributed by atoms with Crippen molar-refractivity contribution in [1.82, 2.24) is 9.55 Å². The van der Waals surface area contributed by atoms with Gasteiger partial charge in [-0.05, 0) is 25.7 Å². The third-order valence-corrected chi connectivity index (χ3v) is 3.71. The van der Waals surface area contributed by atoms with Crippen LogP contribution in [0.15, 0.2) is 6.20 Å². The predicted molar refractivity (Wildman–Crippen MR) is 66.8 cm³/mol. The van der Waals surface area contributed by atoms with Gasteiger partial charge in [-0.25, -0.2) is 4.98 Å². The van der Waals surface area contributed by atoms with Gasteiger partial charge in [-0.15, -0.1) is 0 Å². The largest absolute Gasteiger partial charge is 0.434 e. The molecule has 19 heavy (non-hydrogen) atoms. The van der Waals surface area contributed by atoms with Gasteiger partial charge in [0.05, 0.1) is 0 Å². The number of aryl methyl sites for hydroxylation is 1. The standard InChI is InChI=1S/C12H19F3N4/c1-8(16)9-3-5-19(6-4-9)11-17-10(7-18(11)2)12(13,14)15/h7-9H,3-6,16H2,1-2H3. The Morgan fingerprint density at radius 2 is 1.95 bits per heavy atom. The number of piperidine rings is 1. The zero-order valence-corrected chi connectivity index (χ0v) is 11.1. The number of alkyl halides is 3. The van der Waals surface area contributed by atoms with Crippen LogP contribution >= 0.6 is 0 Å². The molecule has 1 fully saturated rings. The topological polar surface area (TPSA) is 47.1 Å². The summed E-state index contributed by atoms with van der Waals surface area (Å²) >= 11 is 0. The Morgan fingerprint density at radius 3 is 2.37 bits per heavy atom. The second kappa shape index (κ2) is 5.03. The number of nitrogens with two attached hydrogens (primary N) is 1. The Kier molecular flexibility index (Phi) is 3.75. The third kappa shape index (κ3) is 3.02. The van der Waals surface area contributed by atoms with Crippen LogP contribution in [0.25, 0.3) is 0 Å². The lowest BCUT2D eigenvalue weighted by atomic mass is 9.91. The molecule has 2 rings (SSSR count). The molecule has 1 saturated heterocycles. The van der Waals surface area contributed by atoms with Crippen molar-refractivity contribution >= 4 is 5.95 Å². The van der Waals surface area contributed by atoms with Crippen LogP contribution in [0.1, 0.15) is 25.5 Å². The average molecular weight is 276 g/mol. The molecule has 1 aliphatic heterocycles. The van der Waals surface area contributed by atoms with Crippen LogP contribution in [-0.2, 0) is 13.2 Å². The van der Waals surface area contributed by atoms with E-state index in [2.05, 4.69) is 4.98 Å². The van der Waals surface area contributed by atoms with E-state index < -0.39 is 11.9 Å². The summed E-state index contributed by atoms with van der Waals surface area (Å²) in [6, 6.07) is 0.134. The van der Waals surface area contributed by atoms with Gasteiger partial charge in [-0.1, -0.05) is 0 Å². The van der Waals surface area contributed by atoms with Gasteiger partial charge in [0.15, 0.2) is 5.69 Å². The molecule has 1 atom stereocenters. The van der Waals surface area contributed by atoms with Crippen molar-refractivity contribution in [3.05, 3.63) is 11.9 Å². The molecular formula is C12H19F3N4. The minimum Gasteiger partial charge on any atom is -0.342 e. The monoisotopic (exact) mass is 276 g/mol. The number of hydrogen-bond acceptors (Lipinski definition) is 3. The van der Waals surface area contributed by atoms with Gasteiger partial charge in [0.25, 0.3) is 0 Å². The summed E-state index contributed by atoms with van der Waals surface area (Å²) in [6.45, 7) is 3.38. The molecule has 7 heteroatoms. The highest BCUT2D eigenvalue weighted by Crippen LogP contribution is 2.31. The lowest BCUT2D eigenvalue weighted by Gasteiger charge is -2.34. The summed E-state index contributed by atoms with van der Waals surface area (Å²) in [5, 5.41) is 0. The third-order valence-electron chi connectivity index (χ3n) is 3.71. The van der Waals surface area contributed by atoms with Gasteiger partial charge >= 0.3 is 6.18 Å². The first-order valence-electron chi connectivity index (χ1n) is 6.40. The number of hydrogen-bond donors (Lipinski definition) is 1. The summed E-state index contributed by atoms with van der Waals surface area (Å²) in [5.41, 5.74) is 5.02. The Labute approximate surface area is 110 Å². The van der Waals surface area contributed by atoms with Crippen molar-refractivity contribution in [2.75, 3.05) is 18.0 Å². The molecule has 0 amide bonds. The highest BCUT2D eigenvalue weighted by atomic mass is 19.4. The van der Waals surface area contributed by atoms with E-state index >= 15 is 0 Å². The van der Waals surface area contributed by atoms with Crippen molar-refractivity contribution < 1.29 is 13.2 Å². The van der Waals surface area contributed by atoms with E-state index in [0.29, 0.717) is 25.0 Å². The number of rotatable bonds is 2. The fourth-order valence-electron chi connectivity index (χ4n) is 2.51. The van der Waals surface area contributed by atoms with Crippen LogP contribution in [0.2, 0.25) is 0 Å². The van der Waals surface area contributed by atoms with Crippen LogP contribution in [-0.4, -0.2) is 28.7 Å². The van der Waals surface area contributed by atoms with Gasteiger partial charge in [-0.3, -0.25) is 0 Å². The van der Waals surface area contributed by atoms with Crippen LogP contribution in [0.4, 0.5) is 19.1 Å². The molecule has 0 bridgehead atoms. The van der Waals surface area contributed by atoms with Gasteiger partial charge in [-0.2, -0.15) is 13.2 Å². The molecule has 2 heterocycles. The molecule has 2 N–H and O–H groups in total. The van der Waals surface area contributed by atoms with Crippen molar-refractivity contribution in [2.45, 2.75) is 32.0 Å². The molecule has 0 aromatic carbocycles. The number of nitrogens with zero attached hydrogens (tertiary/aromatic N) is 3. The first-order chi connectivity index (χ1) is 8.79. The van der Waals surface area contributed by atoms with Gasteiger partial charge < -0.3 is 15.2 Å². The van der Waals surface area contributed by atoms with Crippen LogP contribution in [0, 0.1) is 5.92 Å². The van der Waals surface area contributed by atoms with Crippen molar-refractivity contribution in [2.24, 2.45) is 18.7 Å². The van der Waals surface area contributed by atoms with Crippen molar-refractivity contribution in [3.8, 4) is 0 Å². The molecule has 0 spiro atoms.